The number of methoxy groups -OCH3 is 1. The van der Waals surface area contributed by atoms with Crippen molar-refractivity contribution < 1.29 is 9.53 Å². The van der Waals surface area contributed by atoms with E-state index in [1.807, 2.05) is 37.1 Å². The van der Waals surface area contributed by atoms with Crippen LogP contribution in [0.25, 0.3) is 11.0 Å². The van der Waals surface area contributed by atoms with E-state index in [1.54, 1.807) is 11.8 Å². The van der Waals surface area contributed by atoms with E-state index in [2.05, 4.69) is 12.0 Å². The van der Waals surface area contributed by atoms with Gasteiger partial charge in [0.05, 0.1) is 12.5 Å². The first kappa shape index (κ1) is 19.2. The van der Waals surface area contributed by atoms with E-state index in [4.69, 9.17) is 15.5 Å². The van der Waals surface area contributed by atoms with Crippen molar-refractivity contribution in [2.45, 2.75) is 39.5 Å². The second-order valence-electron chi connectivity index (χ2n) is 7.63. The van der Waals surface area contributed by atoms with E-state index < -0.39 is 0 Å². The quantitative estimate of drug-likeness (QED) is 0.689. The number of anilines is 2. The van der Waals surface area contributed by atoms with Crippen LogP contribution in [0.4, 0.5) is 11.4 Å². The molecule has 1 amide bonds. The average molecular weight is 393 g/mol. The highest BCUT2D eigenvalue weighted by atomic mass is 16.5. The molecule has 0 fully saturated rings. The molecule has 2 N–H and O–H groups in total. The highest BCUT2D eigenvalue weighted by Gasteiger charge is 2.24. The minimum absolute atomic E-state index is 0.119. The van der Waals surface area contributed by atoms with Gasteiger partial charge in [0, 0.05) is 37.1 Å². The molecule has 0 aliphatic carbocycles. The highest BCUT2D eigenvalue weighted by Crippen LogP contribution is 2.33. The number of amides is 1. The third-order valence-electron chi connectivity index (χ3n) is 5.89. The molecule has 1 aliphatic heterocycles. The number of hydrogen-bond acceptors (Lipinski definition) is 5. The lowest BCUT2D eigenvalue weighted by molar-refractivity contribution is -0.118. The number of carbonyl (C=O) groups is 1. The van der Waals surface area contributed by atoms with Gasteiger partial charge in [-0.2, -0.15) is 0 Å². The van der Waals surface area contributed by atoms with Gasteiger partial charge in [0.25, 0.3) is 0 Å². The van der Waals surface area contributed by atoms with Crippen molar-refractivity contribution in [2.24, 2.45) is 7.05 Å². The van der Waals surface area contributed by atoms with Crippen LogP contribution < -0.4 is 15.4 Å². The summed E-state index contributed by atoms with van der Waals surface area (Å²) < 4.78 is 7.17. The van der Waals surface area contributed by atoms with E-state index in [1.165, 1.54) is 0 Å². The molecule has 0 unspecified atom stereocenters. The fraction of sp³-hybridized carbons (Fsp3) is 0.409. The third kappa shape index (κ3) is 3.20. The predicted octanol–water partition coefficient (Wildman–Crippen LogP) is 3.09. The topological polar surface area (TPSA) is 86.3 Å². The number of carbonyl (C=O) groups excluding carboxylic acids is 1. The highest BCUT2D eigenvalue weighted by molar-refractivity contribution is 5.95. The first-order chi connectivity index (χ1) is 13.9. The average Bonchev–Trinajstić information content (AvgIpc) is 3.03. The second-order valence-corrected chi connectivity index (χ2v) is 7.63. The first-order valence-corrected chi connectivity index (χ1v) is 9.96. The maximum Gasteiger partial charge on any atom is 0.242 e. The summed E-state index contributed by atoms with van der Waals surface area (Å²) >= 11 is 0. The molecule has 152 valence electrons. The molecule has 7 heteroatoms. The lowest BCUT2D eigenvalue weighted by atomic mass is 9.97. The van der Waals surface area contributed by atoms with Crippen LogP contribution in [0.5, 0.6) is 5.88 Å². The zero-order valence-corrected chi connectivity index (χ0v) is 17.5. The Kier molecular flexibility index (Phi) is 4.90. The van der Waals surface area contributed by atoms with Gasteiger partial charge in [0.1, 0.15) is 0 Å². The molecule has 0 saturated heterocycles. The van der Waals surface area contributed by atoms with Gasteiger partial charge in [-0.3, -0.25) is 4.79 Å². The molecule has 3 heterocycles. The number of benzene rings is 1. The lowest BCUT2D eigenvalue weighted by Gasteiger charge is -2.30. The molecule has 29 heavy (non-hydrogen) atoms. The third-order valence-corrected chi connectivity index (χ3v) is 5.89. The Morgan fingerprint density at radius 2 is 2.10 bits per heavy atom. The zero-order valence-electron chi connectivity index (χ0n) is 17.5. The van der Waals surface area contributed by atoms with Crippen molar-refractivity contribution in [1.82, 2.24) is 14.8 Å². The van der Waals surface area contributed by atoms with E-state index in [0.717, 1.165) is 64.2 Å². The largest absolute Gasteiger partial charge is 0.479 e. The molecular weight excluding hydrogens is 366 g/mol. The van der Waals surface area contributed by atoms with Gasteiger partial charge in [0.15, 0.2) is 5.65 Å². The fourth-order valence-corrected chi connectivity index (χ4v) is 4.38. The predicted molar refractivity (Wildman–Crippen MR) is 114 cm³/mol. The maximum atomic E-state index is 13.1. The Bertz CT molecular complexity index is 1100. The van der Waals surface area contributed by atoms with Gasteiger partial charge >= 0.3 is 0 Å². The number of rotatable bonds is 4. The van der Waals surface area contributed by atoms with Crippen molar-refractivity contribution in [1.29, 1.82) is 0 Å². The maximum absolute atomic E-state index is 13.1. The van der Waals surface area contributed by atoms with Crippen LogP contribution >= 0.6 is 0 Å². The SMILES string of the molecule is COc1nn(C)c2nc(C)c(CCC(=O)N3CCCc4c(N)cccc43)c(C)c12. The minimum Gasteiger partial charge on any atom is -0.479 e. The van der Waals surface area contributed by atoms with Gasteiger partial charge in [-0.15, -0.1) is 5.10 Å². The lowest BCUT2D eigenvalue weighted by Crippen LogP contribution is -2.36. The van der Waals surface area contributed by atoms with Gasteiger partial charge < -0.3 is 15.4 Å². The van der Waals surface area contributed by atoms with Gasteiger partial charge in [-0.05, 0) is 61.9 Å². The molecule has 7 nitrogen and oxygen atoms in total. The van der Waals surface area contributed by atoms with Crippen LogP contribution in [0.1, 0.15) is 35.2 Å². The van der Waals surface area contributed by atoms with Crippen LogP contribution in [0.2, 0.25) is 0 Å². The Hall–Kier alpha value is -3.09. The van der Waals surface area contributed by atoms with Crippen molar-refractivity contribution in [3.8, 4) is 5.88 Å². The summed E-state index contributed by atoms with van der Waals surface area (Å²) in [5, 5.41) is 5.31. The van der Waals surface area contributed by atoms with Gasteiger partial charge in [0.2, 0.25) is 11.8 Å². The summed E-state index contributed by atoms with van der Waals surface area (Å²) in [6.07, 6.45) is 2.91. The molecule has 1 aromatic carbocycles. The van der Waals surface area contributed by atoms with Crippen molar-refractivity contribution in [3.05, 3.63) is 40.6 Å². The summed E-state index contributed by atoms with van der Waals surface area (Å²) in [5.41, 5.74) is 12.8. The van der Waals surface area contributed by atoms with Gasteiger partial charge in [-0.1, -0.05) is 6.07 Å². The molecule has 2 aromatic heterocycles. The van der Waals surface area contributed by atoms with Gasteiger partial charge in [-0.25, -0.2) is 9.67 Å². The molecule has 0 radical (unpaired) electrons. The number of nitrogens with zero attached hydrogens (tertiary/aromatic N) is 4. The Labute approximate surface area is 170 Å². The smallest absolute Gasteiger partial charge is 0.242 e. The molecule has 3 aromatic rings. The van der Waals surface area contributed by atoms with Crippen LogP contribution in [0.3, 0.4) is 0 Å². The summed E-state index contributed by atoms with van der Waals surface area (Å²) in [7, 11) is 3.48. The summed E-state index contributed by atoms with van der Waals surface area (Å²) in [5.74, 6) is 0.689. The Morgan fingerprint density at radius 1 is 1.31 bits per heavy atom. The molecule has 4 rings (SSSR count). The second kappa shape index (κ2) is 7.39. The first-order valence-electron chi connectivity index (χ1n) is 9.96. The standard InChI is InChI=1S/C22H27N5O2/c1-13-15(14(2)24-21-20(13)22(29-4)25-26(21)3)10-11-19(28)27-12-6-7-16-17(23)8-5-9-18(16)27/h5,8-9H,6-7,10-12,23H2,1-4H3. The Balaban J connectivity index is 1.61. The van der Waals surface area contributed by atoms with Crippen LogP contribution in [-0.2, 0) is 24.7 Å². The van der Waals surface area contributed by atoms with Crippen molar-refractivity contribution in [2.75, 3.05) is 24.3 Å². The number of nitrogens with two attached hydrogens (primary N) is 1. The summed E-state index contributed by atoms with van der Waals surface area (Å²) in [4.78, 5) is 19.7. The van der Waals surface area contributed by atoms with Crippen molar-refractivity contribution >= 4 is 28.3 Å². The molecule has 1 aliphatic rings. The monoisotopic (exact) mass is 393 g/mol. The Morgan fingerprint density at radius 3 is 2.86 bits per heavy atom. The number of ether oxygens (including phenoxy) is 1. The summed E-state index contributed by atoms with van der Waals surface area (Å²) in [6.45, 7) is 4.78. The number of hydrogen-bond donors (Lipinski definition) is 1. The number of aromatic nitrogens is 3. The number of aryl methyl sites for hydroxylation is 3. The van der Waals surface area contributed by atoms with Crippen molar-refractivity contribution in [3.63, 3.8) is 0 Å². The zero-order chi connectivity index (χ0) is 20.7. The number of fused-ring (bicyclic) bond motifs is 2. The van der Waals surface area contributed by atoms with E-state index in [9.17, 15) is 4.79 Å². The van der Waals surface area contributed by atoms with Crippen LogP contribution in [-0.4, -0.2) is 34.3 Å². The van der Waals surface area contributed by atoms with E-state index in [-0.39, 0.29) is 5.91 Å². The normalized spacial score (nSPS) is 13.6. The number of nitrogen functional groups attached to an aromatic ring is 1. The molecule has 0 saturated carbocycles. The van der Waals surface area contributed by atoms with E-state index in [0.29, 0.717) is 18.7 Å². The molecule has 0 spiro atoms. The molecule has 0 bridgehead atoms. The fourth-order valence-electron chi connectivity index (χ4n) is 4.38. The van der Waals surface area contributed by atoms with E-state index >= 15 is 0 Å². The molecular formula is C22H27N5O2. The molecule has 0 atom stereocenters. The van der Waals surface area contributed by atoms with Crippen LogP contribution in [0.15, 0.2) is 18.2 Å². The minimum atomic E-state index is 0.119. The summed E-state index contributed by atoms with van der Waals surface area (Å²) in [6, 6.07) is 5.82. The number of pyridine rings is 1. The van der Waals surface area contributed by atoms with Crippen LogP contribution in [0, 0.1) is 13.8 Å².